The van der Waals surface area contributed by atoms with Crippen LogP contribution in [-0.2, 0) is 25.8 Å². The van der Waals surface area contributed by atoms with E-state index in [9.17, 15) is 13.2 Å². The Morgan fingerprint density at radius 1 is 1.33 bits per heavy atom. The Morgan fingerprint density at radius 2 is 2.05 bits per heavy atom. The van der Waals surface area contributed by atoms with Crippen molar-refractivity contribution in [1.29, 1.82) is 0 Å². The van der Waals surface area contributed by atoms with Crippen LogP contribution in [0.4, 0.5) is 0 Å². The molecule has 1 amide bonds. The van der Waals surface area contributed by atoms with Gasteiger partial charge in [0.15, 0.2) is 9.84 Å². The third-order valence-electron chi connectivity index (χ3n) is 3.54. The van der Waals surface area contributed by atoms with Crippen LogP contribution in [0.2, 0.25) is 0 Å². The minimum Gasteiger partial charge on any atom is -0.376 e. The average Bonchev–Trinajstić information content (AvgIpc) is 2.95. The van der Waals surface area contributed by atoms with Gasteiger partial charge in [0.2, 0.25) is 5.91 Å². The molecule has 0 saturated carbocycles. The van der Waals surface area contributed by atoms with Crippen molar-refractivity contribution < 1.29 is 17.9 Å². The first-order valence-electron chi connectivity index (χ1n) is 7.12. The van der Waals surface area contributed by atoms with Crippen LogP contribution in [0.15, 0.2) is 29.2 Å². The smallest absolute Gasteiger partial charge is 0.220 e. The highest BCUT2D eigenvalue weighted by Gasteiger charge is 2.16. The topological polar surface area (TPSA) is 72.5 Å². The number of ether oxygens (including phenoxy) is 1. The molecule has 0 aliphatic carbocycles. The molecule has 1 saturated heterocycles. The molecule has 2 rings (SSSR count). The average molecular weight is 311 g/mol. The van der Waals surface area contributed by atoms with Crippen molar-refractivity contribution in [1.82, 2.24) is 5.32 Å². The van der Waals surface area contributed by atoms with Crippen molar-refractivity contribution in [3.8, 4) is 0 Å². The van der Waals surface area contributed by atoms with Gasteiger partial charge in [-0.1, -0.05) is 12.1 Å². The first-order valence-corrected chi connectivity index (χ1v) is 9.01. The van der Waals surface area contributed by atoms with Crippen LogP contribution in [0.1, 0.15) is 24.8 Å². The molecule has 1 N–H and O–H groups in total. The fourth-order valence-electron chi connectivity index (χ4n) is 2.28. The Labute approximate surface area is 125 Å². The summed E-state index contributed by atoms with van der Waals surface area (Å²) in [5.41, 5.74) is 0.953. The van der Waals surface area contributed by atoms with Gasteiger partial charge >= 0.3 is 0 Å². The van der Waals surface area contributed by atoms with Crippen molar-refractivity contribution in [3.05, 3.63) is 29.8 Å². The van der Waals surface area contributed by atoms with Crippen molar-refractivity contribution in [2.75, 3.05) is 19.4 Å². The predicted octanol–water partition coefficient (Wildman–Crippen LogP) is 1.32. The van der Waals surface area contributed by atoms with Gasteiger partial charge in [-0.05, 0) is 37.0 Å². The van der Waals surface area contributed by atoms with E-state index in [-0.39, 0.29) is 12.0 Å². The largest absolute Gasteiger partial charge is 0.376 e. The van der Waals surface area contributed by atoms with Gasteiger partial charge in [0.25, 0.3) is 0 Å². The Kier molecular flexibility index (Phi) is 5.36. The van der Waals surface area contributed by atoms with Gasteiger partial charge < -0.3 is 10.1 Å². The van der Waals surface area contributed by atoms with E-state index in [0.717, 1.165) is 25.0 Å². The van der Waals surface area contributed by atoms with E-state index in [1.54, 1.807) is 24.3 Å². The normalized spacial score (nSPS) is 18.6. The zero-order chi connectivity index (χ0) is 15.3. The molecule has 6 heteroatoms. The van der Waals surface area contributed by atoms with Crippen LogP contribution >= 0.6 is 0 Å². The first kappa shape index (κ1) is 16.0. The summed E-state index contributed by atoms with van der Waals surface area (Å²) in [4.78, 5) is 12.0. The third kappa shape index (κ3) is 5.13. The molecule has 0 radical (unpaired) electrons. The highest BCUT2D eigenvalue weighted by Crippen LogP contribution is 2.12. The summed E-state index contributed by atoms with van der Waals surface area (Å²) in [5, 5.41) is 2.87. The first-order chi connectivity index (χ1) is 9.95. The molecule has 5 nitrogen and oxygen atoms in total. The summed E-state index contributed by atoms with van der Waals surface area (Å²) >= 11 is 0. The van der Waals surface area contributed by atoms with E-state index in [0.29, 0.717) is 24.3 Å². The lowest BCUT2D eigenvalue weighted by molar-refractivity contribution is -0.121. The standard InChI is InChI=1S/C15H21NO4S/c1-21(18,19)14-7-4-12(5-8-14)6-9-15(17)16-11-13-3-2-10-20-13/h4-5,7-8,13H,2-3,6,9-11H2,1H3,(H,16,17). The van der Waals surface area contributed by atoms with Crippen LogP contribution in [0, 0.1) is 0 Å². The fraction of sp³-hybridized carbons (Fsp3) is 0.533. The van der Waals surface area contributed by atoms with Gasteiger partial charge in [0.1, 0.15) is 0 Å². The van der Waals surface area contributed by atoms with Crippen molar-refractivity contribution in [2.24, 2.45) is 0 Å². The molecule has 116 valence electrons. The van der Waals surface area contributed by atoms with Crippen molar-refractivity contribution in [3.63, 3.8) is 0 Å². The second-order valence-electron chi connectivity index (χ2n) is 5.36. The summed E-state index contributed by atoms with van der Waals surface area (Å²) in [6.07, 6.45) is 4.40. The van der Waals surface area contributed by atoms with E-state index in [1.165, 1.54) is 6.26 Å². The number of benzene rings is 1. The van der Waals surface area contributed by atoms with Crippen LogP contribution in [-0.4, -0.2) is 39.8 Å². The lowest BCUT2D eigenvalue weighted by Crippen LogP contribution is -2.31. The fourth-order valence-corrected chi connectivity index (χ4v) is 2.91. The monoisotopic (exact) mass is 311 g/mol. The molecule has 1 fully saturated rings. The summed E-state index contributed by atoms with van der Waals surface area (Å²) in [5.74, 6) is -0.00214. The van der Waals surface area contributed by atoms with Gasteiger partial charge in [-0.15, -0.1) is 0 Å². The molecule has 1 aromatic carbocycles. The van der Waals surface area contributed by atoms with Crippen LogP contribution in [0.5, 0.6) is 0 Å². The highest BCUT2D eigenvalue weighted by atomic mass is 32.2. The second-order valence-corrected chi connectivity index (χ2v) is 7.37. The lowest BCUT2D eigenvalue weighted by atomic mass is 10.1. The zero-order valence-corrected chi connectivity index (χ0v) is 13.0. The summed E-state index contributed by atoms with van der Waals surface area (Å²) in [6.45, 7) is 1.36. The Hall–Kier alpha value is -1.40. The Balaban J connectivity index is 1.75. The van der Waals surface area contributed by atoms with Gasteiger partial charge in [0, 0.05) is 25.8 Å². The quantitative estimate of drug-likeness (QED) is 0.860. The maximum Gasteiger partial charge on any atom is 0.220 e. The second kappa shape index (κ2) is 7.04. The molecule has 0 spiro atoms. The zero-order valence-electron chi connectivity index (χ0n) is 12.2. The van der Waals surface area contributed by atoms with Crippen LogP contribution < -0.4 is 5.32 Å². The molecule has 1 heterocycles. The van der Waals surface area contributed by atoms with Crippen LogP contribution in [0.25, 0.3) is 0 Å². The van der Waals surface area contributed by atoms with Crippen molar-refractivity contribution >= 4 is 15.7 Å². The Bertz CT molecular complexity index is 574. The number of sulfone groups is 1. The van der Waals surface area contributed by atoms with E-state index in [4.69, 9.17) is 4.74 Å². The molecule has 0 aromatic heterocycles. The van der Waals surface area contributed by atoms with Gasteiger partial charge in [-0.3, -0.25) is 4.79 Å². The number of hydrogen-bond acceptors (Lipinski definition) is 4. The maximum atomic E-state index is 11.7. The number of carbonyl (C=O) groups excluding carboxylic acids is 1. The number of carbonyl (C=O) groups is 1. The van der Waals surface area contributed by atoms with E-state index >= 15 is 0 Å². The summed E-state index contributed by atoms with van der Waals surface area (Å²) in [6, 6.07) is 6.66. The molecule has 0 bridgehead atoms. The number of hydrogen-bond donors (Lipinski definition) is 1. The molecule has 1 atom stereocenters. The molecule has 21 heavy (non-hydrogen) atoms. The molecular formula is C15H21NO4S. The number of nitrogens with one attached hydrogen (secondary N) is 1. The minimum atomic E-state index is -3.16. The summed E-state index contributed by atoms with van der Waals surface area (Å²) < 4.78 is 28.1. The predicted molar refractivity (Wildman–Crippen MR) is 79.9 cm³/mol. The third-order valence-corrected chi connectivity index (χ3v) is 4.67. The van der Waals surface area contributed by atoms with E-state index in [1.807, 2.05) is 0 Å². The molecule has 1 unspecified atom stereocenters. The number of aryl methyl sites for hydroxylation is 1. The molecular weight excluding hydrogens is 290 g/mol. The molecule has 1 aliphatic rings. The minimum absolute atomic E-state index is 0.00214. The maximum absolute atomic E-state index is 11.7. The number of amides is 1. The highest BCUT2D eigenvalue weighted by molar-refractivity contribution is 7.90. The summed E-state index contributed by atoms with van der Waals surface area (Å²) in [7, 11) is -3.16. The van der Waals surface area contributed by atoms with E-state index < -0.39 is 9.84 Å². The molecule has 1 aromatic rings. The Morgan fingerprint density at radius 3 is 2.62 bits per heavy atom. The van der Waals surface area contributed by atoms with Gasteiger partial charge in [-0.2, -0.15) is 0 Å². The molecule has 1 aliphatic heterocycles. The van der Waals surface area contributed by atoms with Crippen molar-refractivity contribution in [2.45, 2.75) is 36.7 Å². The van der Waals surface area contributed by atoms with E-state index in [2.05, 4.69) is 5.32 Å². The SMILES string of the molecule is CS(=O)(=O)c1ccc(CCC(=O)NCC2CCCO2)cc1. The van der Waals surface area contributed by atoms with Crippen LogP contribution in [0.3, 0.4) is 0 Å². The van der Waals surface area contributed by atoms with Gasteiger partial charge in [-0.25, -0.2) is 8.42 Å². The lowest BCUT2D eigenvalue weighted by Gasteiger charge is -2.10. The number of rotatable bonds is 6. The van der Waals surface area contributed by atoms with Gasteiger partial charge in [0.05, 0.1) is 11.0 Å².